The molecule has 0 unspecified atom stereocenters. The number of aromatic nitrogens is 3. The largest absolute Gasteiger partial charge is 0.478 e. The number of hydrogen-bond acceptors (Lipinski definition) is 6. The van der Waals surface area contributed by atoms with Gasteiger partial charge in [0.1, 0.15) is 11.4 Å². The van der Waals surface area contributed by atoms with Crippen LogP contribution < -0.4 is 5.73 Å². The molecule has 0 fully saturated rings. The van der Waals surface area contributed by atoms with Crippen molar-refractivity contribution in [2.45, 2.75) is 5.16 Å². The van der Waals surface area contributed by atoms with Crippen LogP contribution in [0.4, 0.5) is 5.82 Å². The van der Waals surface area contributed by atoms with E-state index in [9.17, 15) is 4.79 Å². The molecule has 3 N–H and O–H groups in total. The highest BCUT2D eigenvalue weighted by molar-refractivity contribution is 7.98. The second-order valence-corrected chi connectivity index (χ2v) is 3.77. The number of carbonyl (C=O) groups is 1. The molecule has 2 rings (SSSR count). The molecule has 0 radical (unpaired) electrons. The third-order valence-corrected chi connectivity index (χ3v) is 2.55. The molecule has 0 spiro atoms. The van der Waals surface area contributed by atoms with Gasteiger partial charge in [0, 0.05) is 11.6 Å². The van der Waals surface area contributed by atoms with Gasteiger partial charge in [0.25, 0.3) is 0 Å². The molecule has 2 heterocycles. The van der Waals surface area contributed by atoms with Crippen LogP contribution in [0.5, 0.6) is 0 Å². The van der Waals surface area contributed by atoms with E-state index in [0.717, 1.165) is 0 Å². The first kappa shape index (κ1) is 10.6. The minimum atomic E-state index is -1.11. The molecule has 0 bridgehead atoms. The molecule has 7 heteroatoms. The van der Waals surface area contributed by atoms with E-state index >= 15 is 0 Å². The highest BCUT2D eigenvalue weighted by Gasteiger charge is 2.11. The van der Waals surface area contributed by atoms with Crippen molar-refractivity contribution in [3.8, 4) is 0 Å². The Labute approximate surface area is 94.9 Å². The number of aromatic carboxylic acids is 1. The number of carboxylic acids is 1. The lowest BCUT2D eigenvalue weighted by atomic mass is 10.2. The quantitative estimate of drug-likeness (QED) is 0.593. The fourth-order valence-electron chi connectivity index (χ4n) is 1.23. The highest BCUT2D eigenvalue weighted by Crippen LogP contribution is 2.18. The topological polar surface area (TPSA) is 102 Å². The predicted octanol–water partition coefficient (Wildman–Crippen LogP) is 1.03. The number of nitrogens with zero attached hydrogens (tertiary/aromatic N) is 3. The lowest BCUT2D eigenvalue weighted by Crippen LogP contribution is -2.05. The van der Waals surface area contributed by atoms with Gasteiger partial charge in [-0.25, -0.2) is 19.7 Å². The number of thioether (sulfide) groups is 1. The molecule has 0 amide bonds. The minimum absolute atomic E-state index is 0.0343. The molecular weight excluding hydrogens is 228 g/mol. The first-order valence-corrected chi connectivity index (χ1v) is 5.55. The second-order valence-electron chi connectivity index (χ2n) is 3.00. The molecule has 2 aromatic rings. The second kappa shape index (κ2) is 3.93. The molecule has 0 atom stereocenters. The molecule has 0 aliphatic heterocycles. The normalized spacial score (nSPS) is 10.6. The van der Waals surface area contributed by atoms with Gasteiger partial charge < -0.3 is 10.8 Å². The van der Waals surface area contributed by atoms with Crippen LogP contribution in [0.25, 0.3) is 11.0 Å². The van der Waals surface area contributed by atoms with Crippen molar-refractivity contribution in [1.82, 2.24) is 15.0 Å². The standard InChI is InChI=1S/C9H8N4O2S/c1-16-9-11-3-4-2-5(8(14)15)6(10)12-7(4)13-9/h2-3H,1H3,(H,14,15)(H2,10,11,12,13). The summed E-state index contributed by atoms with van der Waals surface area (Å²) in [5.74, 6) is -1.15. The number of anilines is 1. The first-order valence-electron chi connectivity index (χ1n) is 4.32. The maximum Gasteiger partial charge on any atom is 0.339 e. The Morgan fingerprint density at radius 1 is 1.50 bits per heavy atom. The molecule has 0 saturated carbocycles. The molecule has 0 aromatic carbocycles. The highest BCUT2D eigenvalue weighted by atomic mass is 32.2. The van der Waals surface area contributed by atoms with Crippen molar-refractivity contribution in [3.05, 3.63) is 17.8 Å². The van der Waals surface area contributed by atoms with Crippen molar-refractivity contribution >= 4 is 34.6 Å². The molecule has 0 aliphatic carbocycles. The summed E-state index contributed by atoms with van der Waals surface area (Å²) >= 11 is 1.38. The third-order valence-electron chi connectivity index (χ3n) is 1.99. The summed E-state index contributed by atoms with van der Waals surface area (Å²) in [4.78, 5) is 22.9. The summed E-state index contributed by atoms with van der Waals surface area (Å²) in [7, 11) is 0. The van der Waals surface area contributed by atoms with Crippen molar-refractivity contribution in [2.24, 2.45) is 0 Å². The Morgan fingerprint density at radius 2 is 2.25 bits per heavy atom. The zero-order valence-corrected chi connectivity index (χ0v) is 9.15. The summed E-state index contributed by atoms with van der Waals surface area (Å²) < 4.78 is 0. The van der Waals surface area contributed by atoms with E-state index in [-0.39, 0.29) is 11.4 Å². The summed E-state index contributed by atoms with van der Waals surface area (Å²) in [5, 5.41) is 9.99. The monoisotopic (exact) mass is 236 g/mol. The SMILES string of the molecule is CSc1ncc2cc(C(=O)O)c(N)nc2n1. The Kier molecular flexibility index (Phi) is 2.61. The molecular formula is C9H8N4O2S. The van der Waals surface area contributed by atoms with Crippen molar-refractivity contribution in [3.63, 3.8) is 0 Å². The minimum Gasteiger partial charge on any atom is -0.478 e. The van der Waals surface area contributed by atoms with Crippen LogP contribution in [0.15, 0.2) is 17.4 Å². The predicted molar refractivity (Wildman–Crippen MR) is 60.5 cm³/mol. The van der Waals surface area contributed by atoms with Crippen LogP contribution in [0.3, 0.4) is 0 Å². The molecule has 0 aliphatic rings. The van der Waals surface area contributed by atoms with E-state index in [1.54, 1.807) is 0 Å². The van der Waals surface area contributed by atoms with E-state index in [0.29, 0.717) is 16.2 Å². The zero-order chi connectivity index (χ0) is 11.7. The van der Waals surface area contributed by atoms with Gasteiger partial charge in [0.2, 0.25) is 0 Å². The Hall–Kier alpha value is -1.89. The Morgan fingerprint density at radius 3 is 2.88 bits per heavy atom. The van der Waals surface area contributed by atoms with Gasteiger partial charge >= 0.3 is 5.97 Å². The zero-order valence-electron chi connectivity index (χ0n) is 8.34. The van der Waals surface area contributed by atoms with Gasteiger partial charge in [-0.2, -0.15) is 0 Å². The van der Waals surface area contributed by atoms with Crippen molar-refractivity contribution < 1.29 is 9.90 Å². The summed E-state index contributed by atoms with van der Waals surface area (Å²) in [6.45, 7) is 0. The summed E-state index contributed by atoms with van der Waals surface area (Å²) in [6, 6.07) is 1.42. The van der Waals surface area contributed by atoms with Crippen LogP contribution in [-0.4, -0.2) is 32.3 Å². The lowest BCUT2D eigenvalue weighted by molar-refractivity contribution is 0.0698. The number of hydrogen-bond donors (Lipinski definition) is 2. The first-order chi connectivity index (χ1) is 7.61. The van der Waals surface area contributed by atoms with E-state index < -0.39 is 5.97 Å². The summed E-state index contributed by atoms with van der Waals surface area (Å²) in [5.41, 5.74) is 5.89. The van der Waals surface area contributed by atoms with Crippen LogP contribution in [0, 0.1) is 0 Å². The lowest BCUT2D eigenvalue weighted by Gasteiger charge is -2.03. The molecule has 6 nitrogen and oxygen atoms in total. The Balaban J connectivity index is 2.68. The van der Waals surface area contributed by atoms with Crippen molar-refractivity contribution in [2.75, 3.05) is 12.0 Å². The smallest absolute Gasteiger partial charge is 0.339 e. The fraction of sp³-hybridized carbons (Fsp3) is 0.111. The average molecular weight is 236 g/mol. The fourth-order valence-corrected chi connectivity index (χ4v) is 1.57. The average Bonchev–Trinajstić information content (AvgIpc) is 2.27. The van der Waals surface area contributed by atoms with Crippen LogP contribution in [0.2, 0.25) is 0 Å². The van der Waals surface area contributed by atoms with E-state index in [4.69, 9.17) is 10.8 Å². The van der Waals surface area contributed by atoms with Gasteiger partial charge in [-0.15, -0.1) is 0 Å². The maximum atomic E-state index is 10.8. The number of carboxylic acid groups (broad SMARTS) is 1. The van der Waals surface area contributed by atoms with Crippen LogP contribution in [-0.2, 0) is 0 Å². The van der Waals surface area contributed by atoms with Gasteiger partial charge in [-0.05, 0) is 12.3 Å². The van der Waals surface area contributed by atoms with Gasteiger partial charge in [0.05, 0.1) is 0 Å². The molecule has 82 valence electrons. The van der Waals surface area contributed by atoms with Crippen LogP contribution in [0.1, 0.15) is 10.4 Å². The maximum absolute atomic E-state index is 10.8. The molecule has 2 aromatic heterocycles. The number of nitrogen functional groups attached to an aromatic ring is 1. The third kappa shape index (κ3) is 1.76. The van der Waals surface area contributed by atoms with E-state index in [2.05, 4.69) is 15.0 Å². The summed E-state index contributed by atoms with van der Waals surface area (Å²) in [6.07, 6.45) is 3.38. The molecule has 0 saturated heterocycles. The Bertz CT molecular complexity index is 573. The van der Waals surface area contributed by atoms with E-state index in [1.165, 1.54) is 24.0 Å². The number of fused-ring (bicyclic) bond motifs is 1. The van der Waals surface area contributed by atoms with Gasteiger partial charge in [-0.1, -0.05) is 11.8 Å². The van der Waals surface area contributed by atoms with Gasteiger partial charge in [-0.3, -0.25) is 0 Å². The van der Waals surface area contributed by atoms with E-state index in [1.807, 2.05) is 6.26 Å². The number of nitrogens with two attached hydrogens (primary N) is 1. The van der Waals surface area contributed by atoms with Crippen molar-refractivity contribution in [1.29, 1.82) is 0 Å². The van der Waals surface area contributed by atoms with Crippen LogP contribution >= 0.6 is 11.8 Å². The van der Waals surface area contributed by atoms with Gasteiger partial charge in [0.15, 0.2) is 10.8 Å². The number of pyridine rings is 1. The number of rotatable bonds is 2. The molecule has 16 heavy (non-hydrogen) atoms.